The third kappa shape index (κ3) is 3.23. The number of hydrogen-bond acceptors (Lipinski definition) is 2. The van der Waals surface area contributed by atoms with E-state index in [0.717, 1.165) is 12.1 Å². The summed E-state index contributed by atoms with van der Waals surface area (Å²) in [6.07, 6.45) is -4.93. The Kier molecular flexibility index (Phi) is 4.43. The molecule has 2 aromatic rings. The van der Waals surface area contributed by atoms with E-state index in [2.05, 4.69) is 5.92 Å². The van der Waals surface area contributed by atoms with Gasteiger partial charge in [-0.3, -0.25) is 0 Å². The summed E-state index contributed by atoms with van der Waals surface area (Å²) < 4.78 is 44.8. The molecule has 0 bridgehead atoms. The molecule has 0 saturated heterocycles. The molecule has 2 aromatic carbocycles. The van der Waals surface area contributed by atoms with Crippen LogP contribution in [0.4, 0.5) is 13.2 Å². The highest BCUT2D eigenvalue weighted by Crippen LogP contribution is 2.39. The van der Waals surface area contributed by atoms with E-state index in [9.17, 15) is 18.3 Å². The predicted octanol–water partition coefficient (Wildman–Crippen LogP) is 3.50. The molecule has 1 N–H and O–H groups in total. The van der Waals surface area contributed by atoms with E-state index in [-0.39, 0.29) is 5.56 Å². The van der Waals surface area contributed by atoms with Crippen molar-refractivity contribution in [2.45, 2.75) is 11.8 Å². The van der Waals surface area contributed by atoms with Crippen LogP contribution < -0.4 is 4.74 Å². The SMILES string of the molecule is COc1ccc(C(O)(C#Cc2ccccc2)C(F)(F)F)cc1. The van der Waals surface area contributed by atoms with Gasteiger partial charge in [0.15, 0.2) is 0 Å². The Balaban J connectivity index is 2.47. The van der Waals surface area contributed by atoms with Gasteiger partial charge in [-0.15, -0.1) is 0 Å². The first-order valence-corrected chi connectivity index (χ1v) is 6.38. The van der Waals surface area contributed by atoms with Gasteiger partial charge in [-0.05, 0) is 30.2 Å². The summed E-state index contributed by atoms with van der Waals surface area (Å²) in [4.78, 5) is 0. The fourth-order valence-corrected chi connectivity index (χ4v) is 1.82. The first-order valence-electron chi connectivity index (χ1n) is 6.38. The quantitative estimate of drug-likeness (QED) is 0.861. The van der Waals surface area contributed by atoms with Crippen LogP contribution in [0.3, 0.4) is 0 Å². The van der Waals surface area contributed by atoms with Crippen molar-refractivity contribution in [3.8, 4) is 17.6 Å². The molecule has 1 unspecified atom stereocenters. The molecule has 0 aromatic heterocycles. The van der Waals surface area contributed by atoms with Gasteiger partial charge in [-0.2, -0.15) is 13.2 Å². The van der Waals surface area contributed by atoms with E-state index in [1.54, 1.807) is 30.3 Å². The summed E-state index contributed by atoms with van der Waals surface area (Å²) in [6, 6.07) is 13.2. The topological polar surface area (TPSA) is 29.5 Å². The van der Waals surface area contributed by atoms with Crippen LogP contribution in [-0.4, -0.2) is 18.4 Å². The van der Waals surface area contributed by atoms with Gasteiger partial charge in [0.1, 0.15) is 5.75 Å². The Morgan fingerprint density at radius 1 is 0.955 bits per heavy atom. The third-order valence-corrected chi connectivity index (χ3v) is 3.08. The van der Waals surface area contributed by atoms with Crippen molar-refractivity contribution in [1.82, 2.24) is 0 Å². The number of ether oxygens (including phenoxy) is 1. The fraction of sp³-hybridized carbons (Fsp3) is 0.176. The second-order valence-corrected chi connectivity index (χ2v) is 4.55. The first kappa shape index (κ1) is 15.9. The number of halogens is 3. The Hall–Kier alpha value is -2.45. The lowest BCUT2D eigenvalue weighted by molar-refractivity contribution is -0.240. The number of hydrogen-bond donors (Lipinski definition) is 1. The zero-order valence-corrected chi connectivity index (χ0v) is 11.7. The molecule has 0 amide bonds. The molecular formula is C17H13F3O2. The summed E-state index contributed by atoms with van der Waals surface area (Å²) in [5.41, 5.74) is -3.21. The van der Waals surface area contributed by atoms with Gasteiger partial charge < -0.3 is 9.84 Å². The Bertz CT molecular complexity index is 682. The van der Waals surface area contributed by atoms with Crippen LogP contribution >= 0.6 is 0 Å². The molecule has 0 saturated carbocycles. The molecular weight excluding hydrogens is 293 g/mol. The molecule has 2 nitrogen and oxygen atoms in total. The molecule has 0 fully saturated rings. The highest BCUT2D eigenvalue weighted by Gasteiger charge is 2.54. The number of alkyl halides is 3. The Labute approximate surface area is 126 Å². The van der Waals surface area contributed by atoms with E-state index in [1.165, 1.54) is 19.2 Å². The number of methoxy groups -OCH3 is 1. The average molecular weight is 306 g/mol. The zero-order chi connectivity index (χ0) is 16.2. The Morgan fingerprint density at radius 3 is 2.05 bits per heavy atom. The summed E-state index contributed by atoms with van der Waals surface area (Å²) in [7, 11) is 1.40. The largest absolute Gasteiger partial charge is 0.497 e. The normalized spacial score (nSPS) is 13.7. The van der Waals surface area contributed by atoms with Crippen molar-refractivity contribution in [2.75, 3.05) is 7.11 Å². The molecule has 0 radical (unpaired) electrons. The average Bonchev–Trinajstić information content (AvgIpc) is 2.52. The molecule has 0 aliphatic heterocycles. The van der Waals surface area contributed by atoms with Crippen molar-refractivity contribution in [1.29, 1.82) is 0 Å². The molecule has 22 heavy (non-hydrogen) atoms. The molecule has 0 heterocycles. The number of rotatable bonds is 2. The predicted molar refractivity (Wildman–Crippen MR) is 76.3 cm³/mol. The van der Waals surface area contributed by atoms with E-state index in [4.69, 9.17) is 4.74 Å². The monoisotopic (exact) mass is 306 g/mol. The number of aliphatic hydroxyl groups is 1. The smallest absolute Gasteiger partial charge is 0.433 e. The molecule has 5 heteroatoms. The van der Waals surface area contributed by atoms with Crippen LogP contribution in [0, 0.1) is 11.8 Å². The molecule has 114 valence electrons. The van der Waals surface area contributed by atoms with Crippen LogP contribution in [0.25, 0.3) is 0 Å². The highest BCUT2D eigenvalue weighted by atomic mass is 19.4. The van der Waals surface area contributed by atoms with Crippen molar-refractivity contribution in [2.24, 2.45) is 0 Å². The number of benzene rings is 2. The van der Waals surface area contributed by atoms with E-state index in [1.807, 2.05) is 5.92 Å². The third-order valence-electron chi connectivity index (χ3n) is 3.08. The minimum Gasteiger partial charge on any atom is -0.497 e. The van der Waals surface area contributed by atoms with Crippen LogP contribution in [0.5, 0.6) is 5.75 Å². The fourth-order valence-electron chi connectivity index (χ4n) is 1.82. The maximum Gasteiger partial charge on any atom is 0.433 e. The minimum absolute atomic E-state index is 0.357. The molecule has 2 rings (SSSR count). The summed E-state index contributed by atoms with van der Waals surface area (Å²) in [5.74, 6) is 4.71. The Morgan fingerprint density at radius 2 is 1.55 bits per heavy atom. The van der Waals surface area contributed by atoms with E-state index < -0.39 is 11.8 Å². The van der Waals surface area contributed by atoms with Crippen molar-refractivity contribution < 1.29 is 23.0 Å². The van der Waals surface area contributed by atoms with Gasteiger partial charge in [0.05, 0.1) is 7.11 Å². The standard InChI is InChI=1S/C17H13F3O2/c1-22-15-9-7-14(8-10-15)16(21,17(18,19)20)12-11-13-5-3-2-4-6-13/h2-10,21H,1H3. The van der Waals surface area contributed by atoms with Crippen molar-refractivity contribution in [3.05, 3.63) is 65.7 Å². The lowest BCUT2D eigenvalue weighted by Crippen LogP contribution is -2.41. The van der Waals surface area contributed by atoms with Crippen LogP contribution in [0.2, 0.25) is 0 Å². The summed E-state index contributed by atoms with van der Waals surface area (Å²) in [6.45, 7) is 0. The van der Waals surface area contributed by atoms with Gasteiger partial charge >= 0.3 is 6.18 Å². The van der Waals surface area contributed by atoms with Crippen molar-refractivity contribution >= 4 is 0 Å². The molecule has 0 aliphatic carbocycles. The van der Waals surface area contributed by atoms with E-state index >= 15 is 0 Å². The van der Waals surface area contributed by atoms with Crippen molar-refractivity contribution in [3.63, 3.8) is 0 Å². The van der Waals surface area contributed by atoms with Crippen LogP contribution in [0.15, 0.2) is 54.6 Å². The second-order valence-electron chi connectivity index (χ2n) is 4.55. The lowest BCUT2D eigenvalue weighted by Gasteiger charge is -2.25. The van der Waals surface area contributed by atoms with Crippen LogP contribution in [-0.2, 0) is 5.60 Å². The lowest BCUT2D eigenvalue weighted by atomic mass is 9.93. The van der Waals surface area contributed by atoms with E-state index in [0.29, 0.717) is 11.3 Å². The summed E-state index contributed by atoms with van der Waals surface area (Å²) in [5, 5.41) is 10.1. The van der Waals surface area contributed by atoms with Gasteiger partial charge in [-0.1, -0.05) is 36.3 Å². The van der Waals surface area contributed by atoms with Crippen LogP contribution in [0.1, 0.15) is 11.1 Å². The molecule has 0 aliphatic rings. The maximum absolute atomic E-state index is 13.3. The highest BCUT2D eigenvalue weighted by molar-refractivity contribution is 5.42. The van der Waals surface area contributed by atoms with Gasteiger partial charge in [0, 0.05) is 11.1 Å². The van der Waals surface area contributed by atoms with Gasteiger partial charge in [0.25, 0.3) is 0 Å². The molecule has 1 atom stereocenters. The molecule has 0 spiro atoms. The minimum atomic E-state index is -4.93. The second kappa shape index (κ2) is 6.12. The van der Waals surface area contributed by atoms with Gasteiger partial charge in [-0.25, -0.2) is 0 Å². The maximum atomic E-state index is 13.3. The van der Waals surface area contributed by atoms with Gasteiger partial charge in [0.2, 0.25) is 5.60 Å². The zero-order valence-electron chi connectivity index (χ0n) is 11.7. The summed E-state index contributed by atoms with van der Waals surface area (Å²) >= 11 is 0. The first-order chi connectivity index (χ1) is 10.4.